The highest BCUT2D eigenvalue weighted by atomic mass is 32.2. The van der Waals surface area contributed by atoms with Crippen molar-refractivity contribution in [1.82, 2.24) is 4.90 Å². The molecule has 2 atom stereocenters. The fourth-order valence-corrected chi connectivity index (χ4v) is 5.26. The number of aliphatic carboxylic acids is 1. The standard InChI is InChI=1S/C17H29NO6S/c1-3-24-8-4-7-18(12-13(2)16(20)21)15(19)14-11-17(14)5-9-25(22,23)10-6-17/h13-14H,3-12H2,1-2H3,(H,20,21). The molecule has 0 bridgehead atoms. The van der Waals surface area contributed by atoms with Gasteiger partial charge in [-0.1, -0.05) is 6.92 Å². The van der Waals surface area contributed by atoms with E-state index in [0.717, 1.165) is 6.42 Å². The number of carbonyl (C=O) groups is 2. The van der Waals surface area contributed by atoms with E-state index in [1.807, 2.05) is 6.92 Å². The van der Waals surface area contributed by atoms with Crippen LogP contribution in [-0.4, -0.2) is 68.1 Å². The molecule has 8 heteroatoms. The van der Waals surface area contributed by atoms with Crippen molar-refractivity contribution < 1.29 is 27.9 Å². The summed E-state index contributed by atoms with van der Waals surface area (Å²) in [6, 6.07) is 0. The van der Waals surface area contributed by atoms with Crippen molar-refractivity contribution in [1.29, 1.82) is 0 Å². The molecule has 1 saturated heterocycles. The number of carboxylic acids is 1. The smallest absolute Gasteiger partial charge is 0.308 e. The van der Waals surface area contributed by atoms with Crippen molar-refractivity contribution in [3.8, 4) is 0 Å². The van der Waals surface area contributed by atoms with Gasteiger partial charge in [0.25, 0.3) is 0 Å². The number of carboxylic acid groups (broad SMARTS) is 1. The molecular weight excluding hydrogens is 346 g/mol. The van der Waals surface area contributed by atoms with Crippen molar-refractivity contribution in [2.24, 2.45) is 17.3 Å². The maximum absolute atomic E-state index is 12.9. The molecule has 1 heterocycles. The van der Waals surface area contributed by atoms with Crippen LogP contribution in [0.25, 0.3) is 0 Å². The summed E-state index contributed by atoms with van der Waals surface area (Å²) in [5.41, 5.74) is -0.174. The lowest BCUT2D eigenvalue weighted by Gasteiger charge is -2.28. The third-order valence-corrected chi connectivity index (χ3v) is 7.11. The molecule has 1 aliphatic heterocycles. The Morgan fingerprint density at radius 3 is 2.52 bits per heavy atom. The van der Waals surface area contributed by atoms with Crippen LogP contribution in [0.5, 0.6) is 0 Å². The van der Waals surface area contributed by atoms with Gasteiger partial charge in [0.15, 0.2) is 0 Å². The first-order valence-electron chi connectivity index (χ1n) is 9.00. The van der Waals surface area contributed by atoms with E-state index in [2.05, 4.69) is 0 Å². The fraction of sp³-hybridized carbons (Fsp3) is 0.882. The van der Waals surface area contributed by atoms with E-state index in [1.165, 1.54) is 0 Å². The summed E-state index contributed by atoms with van der Waals surface area (Å²) in [5.74, 6) is -1.41. The third-order valence-electron chi connectivity index (χ3n) is 5.46. The van der Waals surface area contributed by atoms with Gasteiger partial charge in [0, 0.05) is 32.2 Å². The Bertz CT molecular complexity index is 588. The van der Waals surface area contributed by atoms with Crippen molar-refractivity contribution >= 4 is 21.7 Å². The third kappa shape index (κ3) is 5.17. The van der Waals surface area contributed by atoms with Gasteiger partial charge in [0.1, 0.15) is 9.84 Å². The summed E-state index contributed by atoms with van der Waals surface area (Å²) in [7, 11) is -2.95. The number of nitrogens with zero attached hydrogens (tertiary/aromatic N) is 1. The molecule has 1 amide bonds. The topological polar surface area (TPSA) is 101 Å². The molecule has 7 nitrogen and oxygen atoms in total. The zero-order chi connectivity index (χ0) is 18.7. The molecule has 0 aromatic heterocycles. The average molecular weight is 375 g/mol. The van der Waals surface area contributed by atoms with Gasteiger partial charge < -0.3 is 14.7 Å². The number of sulfone groups is 1. The second kappa shape index (κ2) is 8.03. The van der Waals surface area contributed by atoms with E-state index in [4.69, 9.17) is 9.84 Å². The molecule has 2 fully saturated rings. The van der Waals surface area contributed by atoms with Crippen LogP contribution < -0.4 is 0 Å². The van der Waals surface area contributed by atoms with Crippen LogP contribution in [0.1, 0.15) is 39.5 Å². The second-order valence-corrected chi connectivity index (χ2v) is 9.65. The highest BCUT2D eigenvalue weighted by Crippen LogP contribution is 2.60. The SMILES string of the molecule is CCOCCCN(CC(C)C(=O)O)C(=O)C1CC12CCS(=O)(=O)CC2. The van der Waals surface area contributed by atoms with Crippen LogP contribution in [0.2, 0.25) is 0 Å². The number of amides is 1. The summed E-state index contributed by atoms with van der Waals surface area (Å²) >= 11 is 0. The molecule has 25 heavy (non-hydrogen) atoms. The van der Waals surface area contributed by atoms with Gasteiger partial charge in [-0.2, -0.15) is 0 Å². The summed E-state index contributed by atoms with van der Waals surface area (Å²) in [6.07, 6.45) is 2.49. The van der Waals surface area contributed by atoms with Crippen LogP contribution in [-0.2, 0) is 24.2 Å². The molecule has 0 aromatic rings. The number of hydrogen-bond donors (Lipinski definition) is 1. The maximum atomic E-state index is 12.9. The predicted octanol–water partition coefficient (Wildman–Crippen LogP) is 1.18. The van der Waals surface area contributed by atoms with Crippen molar-refractivity contribution in [3.05, 3.63) is 0 Å². The molecule has 0 radical (unpaired) electrons. The van der Waals surface area contributed by atoms with E-state index in [0.29, 0.717) is 39.0 Å². The minimum absolute atomic E-state index is 0.0242. The van der Waals surface area contributed by atoms with Gasteiger partial charge >= 0.3 is 5.97 Å². The second-order valence-electron chi connectivity index (χ2n) is 7.34. The minimum Gasteiger partial charge on any atom is -0.481 e. The van der Waals surface area contributed by atoms with E-state index in [9.17, 15) is 18.0 Å². The van der Waals surface area contributed by atoms with Crippen LogP contribution in [0.15, 0.2) is 0 Å². The lowest BCUT2D eigenvalue weighted by Crippen LogP contribution is -2.40. The Morgan fingerprint density at radius 2 is 1.96 bits per heavy atom. The molecule has 2 aliphatic rings. The maximum Gasteiger partial charge on any atom is 0.308 e. The summed E-state index contributed by atoms with van der Waals surface area (Å²) in [5, 5.41) is 9.15. The van der Waals surface area contributed by atoms with E-state index < -0.39 is 21.7 Å². The van der Waals surface area contributed by atoms with Crippen LogP contribution in [0.3, 0.4) is 0 Å². The highest BCUT2D eigenvalue weighted by Gasteiger charge is 2.60. The lowest BCUT2D eigenvalue weighted by molar-refractivity contribution is -0.143. The van der Waals surface area contributed by atoms with Gasteiger partial charge in [-0.15, -0.1) is 0 Å². The van der Waals surface area contributed by atoms with Gasteiger partial charge in [-0.25, -0.2) is 8.42 Å². The fourth-order valence-electron chi connectivity index (χ4n) is 3.62. The van der Waals surface area contributed by atoms with Gasteiger partial charge in [0.2, 0.25) is 5.91 Å². The molecule has 1 saturated carbocycles. The van der Waals surface area contributed by atoms with Crippen molar-refractivity contribution in [2.45, 2.75) is 39.5 Å². The van der Waals surface area contributed by atoms with Gasteiger partial charge in [-0.05, 0) is 38.0 Å². The Hall–Kier alpha value is -1.15. The zero-order valence-corrected chi connectivity index (χ0v) is 15.9. The monoisotopic (exact) mass is 375 g/mol. The zero-order valence-electron chi connectivity index (χ0n) is 15.1. The highest BCUT2D eigenvalue weighted by molar-refractivity contribution is 7.91. The lowest BCUT2D eigenvalue weighted by atomic mass is 9.95. The van der Waals surface area contributed by atoms with Crippen LogP contribution in [0, 0.1) is 17.3 Å². The molecule has 1 N–H and O–H groups in total. The first-order valence-corrected chi connectivity index (χ1v) is 10.8. The largest absolute Gasteiger partial charge is 0.481 e. The summed E-state index contributed by atoms with van der Waals surface area (Å²) in [4.78, 5) is 25.7. The normalized spacial score (nSPS) is 24.6. The number of hydrogen-bond acceptors (Lipinski definition) is 5. The Kier molecular flexibility index (Phi) is 6.48. The summed E-state index contributed by atoms with van der Waals surface area (Å²) < 4.78 is 28.6. The van der Waals surface area contributed by atoms with Crippen molar-refractivity contribution in [2.75, 3.05) is 37.8 Å². The van der Waals surface area contributed by atoms with Crippen LogP contribution in [0.4, 0.5) is 0 Å². The number of ether oxygens (including phenoxy) is 1. The Labute approximate surface area is 149 Å². The van der Waals surface area contributed by atoms with Crippen molar-refractivity contribution in [3.63, 3.8) is 0 Å². The summed E-state index contributed by atoms with van der Waals surface area (Å²) in [6.45, 7) is 5.31. The molecule has 0 aromatic carbocycles. The quantitative estimate of drug-likeness (QED) is 0.607. The van der Waals surface area contributed by atoms with E-state index in [-0.39, 0.29) is 35.3 Å². The number of carbonyl (C=O) groups excluding carboxylic acids is 1. The average Bonchev–Trinajstić information content (AvgIpc) is 3.27. The Morgan fingerprint density at radius 1 is 1.32 bits per heavy atom. The first kappa shape index (κ1) is 20.2. The molecule has 1 aliphatic carbocycles. The Balaban J connectivity index is 1.96. The number of rotatable bonds is 9. The molecule has 2 unspecified atom stereocenters. The van der Waals surface area contributed by atoms with E-state index >= 15 is 0 Å². The van der Waals surface area contributed by atoms with E-state index in [1.54, 1.807) is 11.8 Å². The predicted molar refractivity (Wildman–Crippen MR) is 92.9 cm³/mol. The van der Waals surface area contributed by atoms with Gasteiger partial charge in [-0.3, -0.25) is 9.59 Å². The van der Waals surface area contributed by atoms with Crippen LogP contribution >= 0.6 is 0 Å². The minimum atomic E-state index is -2.95. The molecule has 144 valence electrons. The first-order chi connectivity index (χ1) is 11.7. The molecular formula is C17H29NO6S. The van der Waals surface area contributed by atoms with Gasteiger partial charge in [0.05, 0.1) is 17.4 Å². The molecule has 1 spiro atoms. The molecule has 2 rings (SSSR count).